The molecule has 0 radical (unpaired) electrons. The van der Waals surface area contributed by atoms with Crippen LogP contribution in [0.2, 0.25) is 0 Å². The second-order valence-corrected chi connectivity index (χ2v) is 3.53. The van der Waals surface area contributed by atoms with Crippen molar-refractivity contribution in [1.29, 1.82) is 0 Å². The smallest absolute Gasteiger partial charge is 0.234 e. The zero-order valence-corrected chi connectivity index (χ0v) is 9.40. The Kier molecular flexibility index (Phi) is 7.00. The maximum Gasteiger partial charge on any atom is 0.234 e. The van der Waals surface area contributed by atoms with Crippen LogP contribution in [0.3, 0.4) is 0 Å². The topological polar surface area (TPSA) is 32.3 Å². The minimum absolute atomic E-state index is 0.0458. The highest BCUT2D eigenvalue weighted by molar-refractivity contribution is 6.27. The number of hydrogen-bond acceptors (Lipinski definition) is 2. The average Bonchev–Trinajstić information content (AvgIpc) is 2.13. The molecule has 1 atom stereocenters. The molecule has 13 heavy (non-hydrogen) atoms. The van der Waals surface area contributed by atoms with Crippen molar-refractivity contribution in [2.24, 2.45) is 0 Å². The minimum Gasteiger partial charge on any atom is -0.354 e. The molecule has 0 fully saturated rings. The molecule has 0 spiro atoms. The Hall–Kier alpha value is -0.280. The lowest BCUT2D eigenvalue weighted by molar-refractivity contribution is -0.118. The normalized spacial score (nSPS) is 13.0. The highest BCUT2D eigenvalue weighted by Gasteiger charge is 2.08. The molecule has 0 aromatic heterocycles. The molecular weight excluding hydrogens is 188 g/mol. The van der Waals surface area contributed by atoms with Crippen LogP contribution < -0.4 is 5.32 Å². The molecule has 0 aliphatic rings. The lowest BCUT2D eigenvalue weighted by atomic mass is 10.3. The van der Waals surface area contributed by atoms with E-state index < -0.39 is 0 Å². The molecule has 0 aliphatic carbocycles. The van der Waals surface area contributed by atoms with Crippen molar-refractivity contribution < 1.29 is 4.79 Å². The van der Waals surface area contributed by atoms with E-state index in [0.29, 0.717) is 12.6 Å². The first-order chi connectivity index (χ1) is 6.11. The summed E-state index contributed by atoms with van der Waals surface area (Å²) in [6.45, 7) is 5.95. The Labute approximate surface area is 85.4 Å². The SMILES string of the molecule is CCCN(C)C(C)CNC(=O)CCl. The third-order valence-corrected chi connectivity index (χ3v) is 2.29. The van der Waals surface area contributed by atoms with Crippen molar-refractivity contribution in [2.75, 3.05) is 26.0 Å². The van der Waals surface area contributed by atoms with Gasteiger partial charge < -0.3 is 10.2 Å². The highest BCUT2D eigenvalue weighted by Crippen LogP contribution is 1.95. The lowest BCUT2D eigenvalue weighted by Gasteiger charge is -2.24. The van der Waals surface area contributed by atoms with E-state index in [9.17, 15) is 4.79 Å². The Morgan fingerprint density at radius 3 is 2.69 bits per heavy atom. The predicted octanol–water partition coefficient (Wildman–Crippen LogP) is 1.07. The van der Waals surface area contributed by atoms with Gasteiger partial charge >= 0.3 is 0 Å². The molecule has 0 bridgehead atoms. The summed E-state index contributed by atoms with van der Waals surface area (Å²) in [4.78, 5) is 13.1. The summed E-state index contributed by atoms with van der Waals surface area (Å²) in [5, 5.41) is 2.76. The summed E-state index contributed by atoms with van der Waals surface area (Å²) < 4.78 is 0. The fourth-order valence-corrected chi connectivity index (χ4v) is 1.13. The van der Waals surface area contributed by atoms with Gasteiger partial charge in [-0.2, -0.15) is 0 Å². The number of halogens is 1. The number of hydrogen-bond donors (Lipinski definition) is 1. The summed E-state index contributed by atoms with van der Waals surface area (Å²) in [6, 6.07) is 0.368. The molecule has 3 nitrogen and oxygen atoms in total. The molecule has 1 unspecified atom stereocenters. The van der Waals surface area contributed by atoms with Crippen LogP contribution in [0.15, 0.2) is 0 Å². The molecule has 0 heterocycles. The van der Waals surface area contributed by atoms with Gasteiger partial charge in [-0.3, -0.25) is 4.79 Å². The molecule has 1 N–H and O–H groups in total. The maximum absolute atomic E-state index is 10.8. The van der Waals surface area contributed by atoms with Gasteiger partial charge in [-0.15, -0.1) is 11.6 Å². The van der Waals surface area contributed by atoms with E-state index in [1.807, 2.05) is 0 Å². The molecule has 0 rings (SSSR count). The Balaban J connectivity index is 3.60. The monoisotopic (exact) mass is 206 g/mol. The van der Waals surface area contributed by atoms with Crippen LogP contribution in [0, 0.1) is 0 Å². The number of nitrogens with one attached hydrogen (secondary N) is 1. The van der Waals surface area contributed by atoms with E-state index in [1.165, 1.54) is 0 Å². The highest BCUT2D eigenvalue weighted by atomic mass is 35.5. The molecule has 1 amide bonds. The zero-order valence-electron chi connectivity index (χ0n) is 8.64. The van der Waals surface area contributed by atoms with Gasteiger partial charge in [-0.05, 0) is 26.9 Å². The number of nitrogens with zero attached hydrogens (tertiary/aromatic N) is 1. The fourth-order valence-electron chi connectivity index (χ4n) is 1.04. The average molecular weight is 207 g/mol. The van der Waals surface area contributed by atoms with E-state index in [4.69, 9.17) is 11.6 Å². The van der Waals surface area contributed by atoms with Crippen molar-refractivity contribution in [3.05, 3.63) is 0 Å². The van der Waals surface area contributed by atoms with Crippen LogP contribution in [0.25, 0.3) is 0 Å². The first-order valence-electron chi connectivity index (χ1n) is 4.64. The van der Waals surface area contributed by atoms with Crippen molar-refractivity contribution in [1.82, 2.24) is 10.2 Å². The van der Waals surface area contributed by atoms with Gasteiger partial charge in [0.15, 0.2) is 0 Å². The molecule has 78 valence electrons. The van der Waals surface area contributed by atoms with Crippen LogP contribution >= 0.6 is 11.6 Å². The zero-order chi connectivity index (χ0) is 10.3. The molecular formula is C9H19ClN2O. The quantitative estimate of drug-likeness (QED) is 0.660. The maximum atomic E-state index is 10.8. The van der Waals surface area contributed by atoms with Crippen molar-refractivity contribution in [3.8, 4) is 0 Å². The van der Waals surface area contributed by atoms with E-state index in [-0.39, 0.29) is 11.8 Å². The van der Waals surface area contributed by atoms with Gasteiger partial charge in [0.1, 0.15) is 5.88 Å². The van der Waals surface area contributed by atoms with Crippen LogP contribution in [0.4, 0.5) is 0 Å². The van der Waals surface area contributed by atoms with Gasteiger partial charge in [0.25, 0.3) is 0 Å². The summed E-state index contributed by atoms with van der Waals surface area (Å²) in [6.07, 6.45) is 1.13. The van der Waals surface area contributed by atoms with Crippen molar-refractivity contribution >= 4 is 17.5 Å². The summed E-state index contributed by atoms with van der Waals surface area (Å²) >= 11 is 5.35. The van der Waals surface area contributed by atoms with Crippen molar-refractivity contribution in [2.45, 2.75) is 26.3 Å². The van der Waals surface area contributed by atoms with Crippen LogP contribution in [-0.2, 0) is 4.79 Å². The first-order valence-corrected chi connectivity index (χ1v) is 5.18. The van der Waals surface area contributed by atoms with Crippen LogP contribution in [0.1, 0.15) is 20.3 Å². The van der Waals surface area contributed by atoms with Crippen molar-refractivity contribution in [3.63, 3.8) is 0 Å². The molecule has 0 aromatic carbocycles. The van der Waals surface area contributed by atoms with E-state index in [2.05, 4.69) is 31.1 Å². The number of carbonyl (C=O) groups is 1. The van der Waals surface area contributed by atoms with Gasteiger partial charge in [0.05, 0.1) is 0 Å². The van der Waals surface area contributed by atoms with Crippen LogP contribution in [0.5, 0.6) is 0 Å². The largest absolute Gasteiger partial charge is 0.354 e. The van der Waals surface area contributed by atoms with Crippen LogP contribution in [-0.4, -0.2) is 42.9 Å². The second-order valence-electron chi connectivity index (χ2n) is 3.27. The third-order valence-electron chi connectivity index (χ3n) is 2.04. The molecule has 0 saturated heterocycles. The van der Waals surface area contributed by atoms with Gasteiger partial charge in [-0.25, -0.2) is 0 Å². The summed E-state index contributed by atoms with van der Waals surface area (Å²) in [5.74, 6) is -0.0528. The lowest BCUT2D eigenvalue weighted by Crippen LogP contribution is -2.40. The van der Waals surface area contributed by atoms with Gasteiger partial charge in [0.2, 0.25) is 5.91 Å². The number of rotatable bonds is 6. The predicted molar refractivity (Wildman–Crippen MR) is 56.1 cm³/mol. The molecule has 0 aromatic rings. The molecule has 0 saturated carbocycles. The van der Waals surface area contributed by atoms with Gasteiger partial charge in [0, 0.05) is 12.6 Å². The number of likely N-dealkylation sites (N-methyl/N-ethyl adjacent to an activating group) is 1. The number of alkyl halides is 1. The fraction of sp³-hybridized carbons (Fsp3) is 0.889. The Morgan fingerprint density at radius 1 is 1.62 bits per heavy atom. The van der Waals surface area contributed by atoms with E-state index >= 15 is 0 Å². The van der Waals surface area contributed by atoms with E-state index in [0.717, 1.165) is 13.0 Å². The van der Waals surface area contributed by atoms with E-state index in [1.54, 1.807) is 0 Å². The summed E-state index contributed by atoms with van der Waals surface area (Å²) in [5.41, 5.74) is 0. The molecule has 4 heteroatoms. The number of carbonyl (C=O) groups excluding carboxylic acids is 1. The standard InChI is InChI=1S/C9H19ClN2O/c1-4-5-12(3)8(2)7-11-9(13)6-10/h8H,4-7H2,1-3H3,(H,11,13). The first kappa shape index (κ1) is 12.7. The second kappa shape index (κ2) is 7.15. The third kappa shape index (κ3) is 5.88. The Morgan fingerprint density at radius 2 is 2.23 bits per heavy atom. The minimum atomic E-state index is -0.0987. The summed E-state index contributed by atoms with van der Waals surface area (Å²) in [7, 11) is 2.06. The molecule has 0 aliphatic heterocycles. The number of amides is 1. The Bertz CT molecular complexity index is 153. The van der Waals surface area contributed by atoms with Gasteiger partial charge in [-0.1, -0.05) is 6.92 Å².